The minimum absolute atomic E-state index is 0.0299. The molecule has 1 fully saturated rings. The molecule has 6 nitrogen and oxygen atoms in total. The molecule has 1 saturated heterocycles. The average Bonchev–Trinajstić information content (AvgIpc) is 2.46. The first-order valence-electron chi connectivity index (χ1n) is 6.71. The molecule has 6 heteroatoms. The van der Waals surface area contributed by atoms with Crippen molar-refractivity contribution in [3.63, 3.8) is 0 Å². The Morgan fingerprint density at radius 2 is 1.89 bits per heavy atom. The van der Waals surface area contributed by atoms with Crippen LogP contribution >= 0.6 is 0 Å². The molecule has 0 unspecified atom stereocenters. The Hall–Kier alpha value is -1.85. The topological polar surface area (TPSA) is 61.4 Å². The van der Waals surface area contributed by atoms with Gasteiger partial charge in [0.05, 0.1) is 0 Å². The number of anilines is 1. The van der Waals surface area contributed by atoms with Crippen LogP contribution in [0.5, 0.6) is 0 Å². The highest BCUT2D eigenvalue weighted by Gasteiger charge is 2.22. The molecule has 1 aliphatic heterocycles. The van der Waals surface area contributed by atoms with E-state index in [-0.39, 0.29) is 6.03 Å². The first-order valence-corrected chi connectivity index (χ1v) is 6.71. The van der Waals surface area contributed by atoms with Crippen LogP contribution in [0.4, 0.5) is 10.7 Å². The van der Waals surface area contributed by atoms with Gasteiger partial charge in [-0.2, -0.15) is 0 Å². The van der Waals surface area contributed by atoms with Crippen LogP contribution in [0.2, 0.25) is 0 Å². The number of carbonyl (C=O) groups excluding carboxylic acids is 1. The Kier molecular flexibility index (Phi) is 4.54. The van der Waals surface area contributed by atoms with Gasteiger partial charge in [-0.05, 0) is 12.0 Å². The Bertz CT molecular complexity index is 401. The van der Waals surface area contributed by atoms with E-state index in [2.05, 4.69) is 34.0 Å². The molecule has 2 heterocycles. The van der Waals surface area contributed by atoms with E-state index in [9.17, 15) is 4.79 Å². The molecule has 0 radical (unpaired) electrons. The number of hydrogen-bond donors (Lipinski definition) is 1. The van der Waals surface area contributed by atoms with Crippen molar-refractivity contribution in [2.75, 3.05) is 37.6 Å². The third-order valence-corrected chi connectivity index (χ3v) is 3.06. The van der Waals surface area contributed by atoms with Crippen LogP contribution in [0, 0.1) is 5.92 Å². The molecule has 1 aromatic heterocycles. The molecule has 2 amide bonds. The highest BCUT2D eigenvalue weighted by atomic mass is 16.2. The van der Waals surface area contributed by atoms with Crippen molar-refractivity contribution in [1.82, 2.24) is 20.2 Å². The fraction of sp³-hybridized carbons (Fsp3) is 0.615. The number of hydrogen-bond acceptors (Lipinski definition) is 4. The predicted molar refractivity (Wildman–Crippen MR) is 74.1 cm³/mol. The van der Waals surface area contributed by atoms with Crippen LogP contribution in [0.3, 0.4) is 0 Å². The van der Waals surface area contributed by atoms with Crippen molar-refractivity contribution < 1.29 is 4.79 Å². The second kappa shape index (κ2) is 6.36. The van der Waals surface area contributed by atoms with Crippen molar-refractivity contribution in [3.8, 4) is 0 Å². The fourth-order valence-corrected chi connectivity index (χ4v) is 1.97. The van der Waals surface area contributed by atoms with Gasteiger partial charge in [-0.3, -0.25) is 0 Å². The molecule has 0 saturated carbocycles. The maximum atomic E-state index is 11.9. The largest absolute Gasteiger partial charge is 0.338 e. The van der Waals surface area contributed by atoms with Crippen LogP contribution in [0.1, 0.15) is 13.8 Å². The molecule has 0 atom stereocenters. The summed E-state index contributed by atoms with van der Waals surface area (Å²) in [6, 6.07) is 1.83. The predicted octanol–water partition coefficient (Wildman–Crippen LogP) is 0.964. The van der Waals surface area contributed by atoms with Crippen LogP contribution in [0.25, 0.3) is 0 Å². The van der Waals surface area contributed by atoms with Crippen LogP contribution in [-0.4, -0.2) is 53.6 Å². The highest BCUT2D eigenvalue weighted by Crippen LogP contribution is 2.09. The van der Waals surface area contributed by atoms with Gasteiger partial charge in [-0.25, -0.2) is 14.8 Å². The summed E-state index contributed by atoms with van der Waals surface area (Å²) in [5.41, 5.74) is 0. The zero-order chi connectivity index (χ0) is 13.7. The van der Waals surface area contributed by atoms with Gasteiger partial charge < -0.3 is 15.1 Å². The van der Waals surface area contributed by atoms with Gasteiger partial charge in [0.2, 0.25) is 5.95 Å². The monoisotopic (exact) mass is 263 g/mol. The summed E-state index contributed by atoms with van der Waals surface area (Å²) < 4.78 is 0. The summed E-state index contributed by atoms with van der Waals surface area (Å²) in [5.74, 6) is 1.22. The van der Waals surface area contributed by atoms with E-state index >= 15 is 0 Å². The number of aromatic nitrogens is 2. The van der Waals surface area contributed by atoms with Gasteiger partial charge in [0.25, 0.3) is 0 Å². The number of nitrogens with zero attached hydrogens (tertiary/aromatic N) is 4. The maximum Gasteiger partial charge on any atom is 0.317 e. The minimum atomic E-state index is 0.0299. The number of rotatable bonds is 3. The second-order valence-electron chi connectivity index (χ2n) is 5.10. The number of piperazine rings is 1. The highest BCUT2D eigenvalue weighted by molar-refractivity contribution is 5.74. The van der Waals surface area contributed by atoms with E-state index in [4.69, 9.17) is 0 Å². The summed E-state index contributed by atoms with van der Waals surface area (Å²) in [7, 11) is 0. The van der Waals surface area contributed by atoms with Gasteiger partial charge >= 0.3 is 6.03 Å². The number of urea groups is 1. The molecule has 0 spiro atoms. The summed E-state index contributed by atoms with van der Waals surface area (Å²) in [6.45, 7) is 7.87. The van der Waals surface area contributed by atoms with Crippen molar-refractivity contribution in [3.05, 3.63) is 18.5 Å². The Morgan fingerprint density at radius 3 is 2.47 bits per heavy atom. The third kappa shape index (κ3) is 3.81. The van der Waals surface area contributed by atoms with Gasteiger partial charge in [0.1, 0.15) is 0 Å². The zero-order valence-corrected chi connectivity index (χ0v) is 11.5. The number of amides is 2. The summed E-state index contributed by atoms with van der Waals surface area (Å²) in [6.07, 6.45) is 3.48. The quantitative estimate of drug-likeness (QED) is 0.882. The molecule has 0 aliphatic carbocycles. The summed E-state index contributed by atoms with van der Waals surface area (Å²) in [4.78, 5) is 24.3. The first-order chi connectivity index (χ1) is 9.16. The fourth-order valence-electron chi connectivity index (χ4n) is 1.97. The molecule has 19 heavy (non-hydrogen) atoms. The number of nitrogens with one attached hydrogen (secondary N) is 1. The van der Waals surface area contributed by atoms with E-state index in [0.29, 0.717) is 19.0 Å². The molecular formula is C13H21N5O. The molecule has 1 N–H and O–H groups in total. The van der Waals surface area contributed by atoms with E-state index in [0.717, 1.165) is 25.6 Å². The van der Waals surface area contributed by atoms with Gasteiger partial charge in [0.15, 0.2) is 0 Å². The van der Waals surface area contributed by atoms with Crippen molar-refractivity contribution in [2.24, 2.45) is 5.92 Å². The summed E-state index contributed by atoms with van der Waals surface area (Å²) in [5, 5.41) is 2.94. The number of carbonyl (C=O) groups is 1. The van der Waals surface area contributed by atoms with E-state index in [1.54, 1.807) is 18.5 Å². The van der Waals surface area contributed by atoms with E-state index < -0.39 is 0 Å². The lowest BCUT2D eigenvalue weighted by molar-refractivity contribution is 0.193. The summed E-state index contributed by atoms with van der Waals surface area (Å²) >= 11 is 0. The molecular weight excluding hydrogens is 242 g/mol. The van der Waals surface area contributed by atoms with Crippen LogP contribution in [0.15, 0.2) is 18.5 Å². The van der Waals surface area contributed by atoms with Gasteiger partial charge in [-0.15, -0.1) is 0 Å². The van der Waals surface area contributed by atoms with Crippen molar-refractivity contribution in [2.45, 2.75) is 13.8 Å². The smallest absolute Gasteiger partial charge is 0.317 e. The lowest BCUT2D eigenvalue weighted by Gasteiger charge is -2.34. The normalized spacial score (nSPS) is 15.7. The van der Waals surface area contributed by atoms with Crippen LogP contribution in [-0.2, 0) is 0 Å². The molecule has 0 bridgehead atoms. The van der Waals surface area contributed by atoms with Gasteiger partial charge in [-0.1, -0.05) is 13.8 Å². The SMILES string of the molecule is CC(C)CNC(=O)N1CCN(c2ncccn2)CC1. The Balaban J connectivity index is 1.81. The lowest BCUT2D eigenvalue weighted by Crippen LogP contribution is -2.52. The van der Waals surface area contributed by atoms with Crippen molar-refractivity contribution in [1.29, 1.82) is 0 Å². The standard InChI is InChI=1S/C13H21N5O/c1-11(2)10-16-13(19)18-8-6-17(7-9-18)12-14-4-3-5-15-12/h3-5,11H,6-10H2,1-2H3,(H,16,19). The molecule has 104 valence electrons. The third-order valence-electron chi connectivity index (χ3n) is 3.06. The van der Waals surface area contributed by atoms with Crippen molar-refractivity contribution >= 4 is 12.0 Å². The lowest BCUT2D eigenvalue weighted by atomic mass is 10.2. The minimum Gasteiger partial charge on any atom is -0.338 e. The van der Waals surface area contributed by atoms with E-state index in [1.807, 2.05) is 4.90 Å². The maximum absolute atomic E-state index is 11.9. The van der Waals surface area contributed by atoms with Crippen LogP contribution < -0.4 is 10.2 Å². The molecule has 1 aliphatic rings. The molecule has 0 aromatic carbocycles. The van der Waals surface area contributed by atoms with E-state index in [1.165, 1.54) is 0 Å². The molecule has 1 aromatic rings. The Labute approximate surface area is 113 Å². The van der Waals surface area contributed by atoms with Gasteiger partial charge in [0, 0.05) is 45.1 Å². The first kappa shape index (κ1) is 13.6. The second-order valence-corrected chi connectivity index (χ2v) is 5.10. The average molecular weight is 263 g/mol. The molecule has 2 rings (SSSR count). The zero-order valence-electron chi connectivity index (χ0n) is 11.5. The Morgan fingerprint density at radius 1 is 1.26 bits per heavy atom.